The summed E-state index contributed by atoms with van der Waals surface area (Å²) in [6.07, 6.45) is 2.48. The normalized spacial score (nSPS) is 23.9. The second-order valence-electron chi connectivity index (χ2n) is 6.08. The van der Waals surface area contributed by atoms with Gasteiger partial charge in [-0.1, -0.05) is 0 Å². The van der Waals surface area contributed by atoms with Crippen LogP contribution in [-0.2, 0) is 5.60 Å². The van der Waals surface area contributed by atoms with Crippen LogP contribution in [0.15, 0.2) is 18.2 Å². The lowest BCUT2D eigenvalue weighted by Gasteiger charge is -2.30. The minimum absolute atomic E-state index is 0.519. The van der Waals surface area contributed by atoms with Crippen LogP contribution < -0.4 is 9.47 Å². The second-order valence-corrected chi connectivity index (χ2v) is 6.08. The molecular formula is C17H27NO3. The Kier molecular flexibility index (Phi) is 5.12. The highest BCUT2D eigenvalue weighted by molar-refractivity contribution is 5.44. The van der Waals surface area contributed by atoms with Gasteiger partial charge in [0.05, 0.1) is 19.8 Å². The van der Waals surface area contributed by atoms with Gasteiger partial charge < -0.3 is 19.5 Å². The first-order chi connectivity index (χ1) is 10.00. The quantitative estimate of drug-likeness (QED) is 0.927. The Morgan fingerprint density at radius 2 is 1.90 bits per heavy atom. The molecule has 0 bridgehead atoms. The maximum absolute atomic E-state index is 11.2. The topological polar surface area (TPSA) is 41.9 Å². The molecule has 1 heterocycles. The lowest BCUT2D eigenvalue weighted by atomic mass is 9.86. The molecule has 1 unspecified atom stereocenters. The van der Waals surface area contributed by atoms with E-state index in [0.717, 1.165) is 43.7 Å². The Labute approximate surface area is 127 Å². The lowest BCUT2D eigenvalue weighted by molar-refractivity contribution is 0.0181. The third-order valence-corrected chi connectivity index (χ3v) is 4.49. The molecule has 4 nitrogen and oxygen atoms in total. The Morgan fingerprint density at radius 3 is 2.52 bits per heavy atom. The Hall–Kier alpha value is -1.26. The summed E-state index contributed by atoms with van der Waals surface area (Å²) in [5.41, 5.74) is 0.0535. The molecule has 1 aromatic carbocycles. The van der Waals surface area contributed by atoms with Crippen molar-refractivity contribution in [1.82, 2.24) is 4.90 Å². The summed E-state index contributed by atoms with van der Waals surface area (Å²) in [6.45, 7) is 6.36. The average molecular weight is 293 g/mol. The highest BCUT2D eigenvalue weighted by atomic mass is 16.5. The van der Waals surface area contributed by atoms with Gasteiger partial charge in [0.25, 0.3) is 0 Å². The van der Waals surface area contributed by atoms with E-state index in [1.165, 1.54) is 0 Å². The van der Waals surface area contributed by atoms with Crippen LogP contribution in [0.3, 0.4) is 0 Å². The summed E-state index contributed by atoms with van der Waals surface area (Å²) < 4.78 is 10.7. The minimum Gasteiger partial charge on any atom is -0.497 e. The molecule has 0 aliphatic carbocycles. The highest BCUT2D eigenvalue weighted by Crippen LogP contribution is 2.39. The van der Waals surface area contributed by atoms with Crippen LogP contribution in [0.5, 0.6) is 11.5 Å². The fourth-order valence-electron chi connectivity index (χ4n) is 3.11. The van der Waals surface area contributed by atoms with E-state index in [4.69, 9.17) is 9.47 Å². The fraction of sp³-hybridized carbons (Fsp3) is 0.647. The first-order valence-electron chi connectivity index (χ1n) is 7.69. The number of benzene rings is 1. The average Bonchev–Trinajstić information content (AvgIpc) is 2.69. The highest BCUT2D eigenvalue weighted by Gasteiger charge is 2.35. The number of methoxy groups -OCH3 is 2. The summed E-state index contributed by atoms with van der Waals surface area (Å²) in [5.74, 6) is 1.45. The maximum atomic E-state index is 11.2. The standard InChI is InChI=1S/C17H27NO3/c1-13(2)18-10-5-8-17(19,9-11-18)15-7-6-14(20-3)12-16(15)21-4/h6-7,12-13,19H,5,8-11H2,1-4H3. The van der Waals surface area contributed by atoms with E-state index in [-0.39, 0.29) is 0 Å². The first-order valence-corrected chi connectivity index (χ1v) is 7.69. The van der Waals surface area contributed by atoms with Gasteiger partial charge in [0, 0.05) is 24.2 Å². The van der Waals surface area contributed by atoms with Crippen LogP contribution in [0.25, 0.3) is 0 Å². The zero-order valence-electron chi connectivity index (χ0n) is 13.6. The Bertz CT molecular complexity index is 475. The molecule has 1 N–H and O–H groups in total. The van der Waals surface area contributed by atoms with Gasteiger partial charge in [0.1, 0.15) is 11.5 Å². The van der Waals surface area contributed by atoms with Crippen LogP contribution in [0.1, 0.15) is 38.7 Å². The number of aliphatic hydroxyl groups is 1. The number of likely N-dealkylation sites (tertiary alicyclic amines) is 1. The van der Waals surface area contributed by atoms with Gasteiger partial charge in [-0.05, 0) is 51.8 Å². The van der Waals surface area contributed by atoms with Gasteiger partial charge in [-0.2, -0.15) is 0 Å². The molecule has 0 radical (unpaired) electrons. The Morgan fingerprint density at radius 1 is 1.14 bits per heavy atom. The number of nitrogens with zero attached hydrogens (tertiary/aromatic N) is 1. The summed E-state index contributed by atoms with van der Waals surface area (Å²) in [4.78, 5) is 2.42. The molecule has 1 atom stereocenters. The van der Waals surface area contributed by atoms with Crippen molar-refractivity contribution in [3.63, 3.8) is 0 Å². The SMILES string of the molecule is COc1ccc(C2(O)CCCN(C(C)C)CC2)c(OC)c1. The van der Waals surface area contributed by atoms with E-state index < -0.39 is 5.60 Å². The summed E-state index contributed by atoms with van der Waals surface area (Å²) in [7, 11) is 3.27. The van der Waals surface area contributed by atoms with Crippen LogP contribution >= 0.6 is 0 Å². The molecule has 1 aromatic rings. The predicted molar refractivity (Wildman–Crippen MR) is 84.0 cm³/mol. The van der Waals surface area contributed by atoms with Crippen molar-refractivity contribution in [2.24, 2.45) is 0 Å². The molecule has 0 amide bonds. The van der Waals surface area contributed by atoms with Gasteiger partial charge in [0.15, 0.2) is 0 Å². The van der Waals surface area contributed by atoms with Crippen LogP contribution in [0.4, 0.5) is 0 Å². The molecule has 1 saturated heterocycles. The van der Waals surface area contributed by atoms with Crippen LogP contribution in [0, 0.1) is 0 Å². The number of hydrogen-bond donors (Lipinski definition) is 1. The van der Waals surface area contributed by atoms with E-state index in [2.05, 4.69) is 18.7 Å². The van der Waals surface area contributed by atoms with Gasteiger partial charge in [0.2, 0.25) is 0 Å². The zero-order valence-corrected chi connectivity index (χ0v) is 13.6. The van der Waals surface area contributed by atoms with Crippen molar-refractivity contribution >= 4 is 0 Å². The molecular weight excluding hydrogens is 266 g/mol. The van der Waals surface area contributed by atoms with E-state index >= 15 is 0 Å². The van der Waals surface area contributed by atoms with Gasteiger partial charge in [-0.15, -0.1) is 0 Å². The summed E-state index contributed by atoms with van der Waals surface area (Å²) >= 11 is 0. The van der Waals surface area contributed by atoms with Crippen molar-refractivity contribution in [1.29, 1.82) is 0 Å². The molecule has 2 rings (SSSR count). The fourth-order valence-corrected chi connectivity index (χ4v) is 3.11. The number of ether oxygens (including phenoxy) is 2. The monoisotopic (exact) mass is 293 g/mol. The molecule has 1 fully saturated rings. The molecule has 1 aliphatic rings. The summed E-state index contributed by atoms with van der Waals surface area (Å²) in [5, 5.41) is 11.2. The van der Waals surface area contributed by atoms with Gasteiger partial charge in [-0.3, -0.25) is 0 Å². The van der Waals surface area contributed by atoms with Crippen LogP contribution in [-0.4, -0.2) is 43.4 Å². The van der Waals surface area contributed by atoms with Gasteiger partial charge in [-0.25, -0.2) is 0 Å². The molecule has 21 heavy (non-hydrogen) atoms. The Balaban J connectivity index is 2.27. The third kappa shape index (κ3) is 3.50. The van der Waals surface area contributed by atoms with Crippen molar-refractivity contribution in [3.8, 4) is 11.5 Å². The van der Waals surface area contributed by atoms with E-state index in [1.54, 1.807) is 14.2 Å². The number of rotatable bonds is 4. The van der Waals surface area contributed by atoms with Crippen LogP contribution in [0.2, 0.25) is 0 Å². The molecule has 4 heteroatoms. The number of hydrogen-bond acceptors (Lipinski definition) is 4. The van der Waals surface area contributed by atoms with E-state index in [1.807, 2.05) is 18.2 Å². The molecule has 118 valence electrons. The van der Waals surface area contributed by atoms with E-state index in [9.17, 15) is 5.11 Å². The van der Waals surface area contributed by atoms with Crippen molar-refractivity contribution < 1.29 is 14.6 Å². The predicted octanol–water partition coefficient (Wildman–Crippen LogP) is 2.79. The first kappa shape index (κ1) is 16.1. The maximum Gasteiger partial charge on any atom is 0.128 e. The van der Waals surface area contributed by atoms with E-state index in [0.29, 0.717) is 11.8 Å². The smallest absolute Gasteiger partial charge is 0.128 e. The largest absolute Gasteiger partial charge is 0.497 e. The molecule has 0 saturated carbocycles. The zero-order chi connectivity index (χ0) is 15.5. The van der Waals surface area contributed by atoms with Gasteiger partial charge >= 0.3 is 0 Å². The minimum atomic E-state index is -0.818. The summed E-state index contributed by atoms with van der Waals surface area (Å²) in [6, 6.07) is 6.19. The third-order valence-electron chi connectivity index (χ3n) is 4.49. The molecule has 0 aromatic heterocycles. The second kappa shape index (κ2) is 6.67. The van der Waals surface area contributed by atoms with Crippen molar-refractivity contribution in [3.05, 3.63) is 23.8 Å². The lowest BCUT2D eigenvalue weighted by Crippen LogP contribution is -2.33. The molecule has 1 aliphatic heterocycles. The van der Waals surface area contributed by atoms with Crippen molar-refractivity contribution in [2.45, 2.75) is 44.8 Å². The van der Waals surface area contributed by atoms with Crippen molar-refractivity contribution in [2.75, 3.05) is 27.3 Å². The molecule has 0 spiro atoms.